The summed E-state index contributed by atoms with van der Waals surface area (Å²) in [7, 11) is 1.62. The van der Waals surface area contributed by atoms with Gasteiger partial charge in [-0.2, -0.15) is 0 Å². The van der Waals surface area contributed by atoms with Crippen molar-refractivity contribution in [2.45, 2.75) is 17.5 Å². The normalized spacial score (nSPS) is 13.8. The zero-order valence-electron chi connectivity index (χ0n) is 23.3. The molecule has 0 spiro atoms. The molecular weight excluding hydrogens is 623 g/mol. The molecule has 5 aromatic rings. The van der Waals surface area contributed by atoms with E-state index in [0.717, 1.165) is 30.2 Å². The molecule has 0 unspecified atom stereocenters. The number of halogens is 2. The van der Waals surface area contributed by atoms with Gasteiger partial charge in [-0.05, 0) is 35.9 Å². The molecule has 1 fully saturated rings. The Morgan fingerprint density at radius 1 is 0.977 bits per heavy atom. The molecule has 1 aliphatic heterocycles. The zero-order valence-corrected chi connectivity index (χ0v) is 26.5. The van der Waals surface area contributed by atoms with Crippen molar-refractivity contribution < 1.29 is 9.53 Å². The molecule has 220 valence electrons. The van der Waals surface area contributed by atoms with E-state index in [9.17, 15) is 4.79 Å². The second kappa shape index (κ2) is 13.5. The Hall–Kier alpha value is -3.41. The van der Waals surface area contributed by atoms with Crippen LogP contribution in [0.4, 0.5) is 0 Å². The number of thiazole rings is 1. The molecule has 43 heavy (non-hydrogen) atoms. The summed E-state index contributed by atoms with van der Waals surface area (Å²) in [5.41, 5.74) is 3.25. The number of aromatic nitrogens is 4. The van der Waals surface area contributed by atoms with Crippen LogP contribution >= 0.6 is 46.3 Å². The highest BCUT2D eigenvalue weighted by atomic mass is 35.5. The number of methoxy groups -OCH3 is 1. The van der Waals surface area contributed by atoms with Crippen LogP contribution in [0, 0.1) is 0 Å². The number of rotatable bonds is 9. The Labute approximate surface area is 268 Å². The van der Waals surface area contributed by atoms with Crippen molar-refractivity contribution >= 4 is 52.2 Å². The van der Waals surface area contributed by atoms with Gasteiger partial charge in [0, 0.05) is 48.7 Å². The van der Waals surface area contributed by atoms with Crippen LogP contribution in [-0.2, 0) is 12.3 Å². The number of hydrogen-bond acceptors (Lipinski definition) is 8. The lowest BCUT2D eigenvalue weighted by Crippen LogP contribution is -2.48. The minimum absolute atomic E-state index is 0.0268. The highest BCUT2D eigenvalue weighted by Crippen LogP contribution is 2.35. The first-order valence-electron chi connectivity index (χ1n) is 13.7. The smallest absolute Gasteiger partial charge is 0.273 e. The average Bonchev–Trinajstić information content (AvgIpc) is 3.69. The third-order valence-corrected chi connectivity index (χ3v) is 9.64. The van der Waals surface area contributed by atoms with Crippen LogP contribution < -0.4 is 4.74 Å². The lowest BCUT2D eigenvalue weighted by atomic mass is 10.2. The molecule has 0 saturated carbocycles. The van der Waals surface area contributed by atoms with Crippen molar-refractivity contribution in [2.24, 2.45) is 0 Å². The molecule has 1 amide bonds. The molecule has 3 heterocycles. The zero-order chi connectivity index (χ0) is 29.8. The van der Waals surface area contributed by atoms with E-state index in [-0.39, 0.29) is 5.91 Å². The molecule has 3 aromatic carbocycles. The molecule has 1 aliphatic rings. The van der Waals surface area contributed by atoms with Crippen LogP contribution in [0.1, 0.15) is 21.1 Å². The van der Waals surface area contributed by atoms with Crippen molar-refractivity contribution in [3.8, 4) is 22.8 Å². The summed E-state index contributed by atoms with van der Waals surface area (Å²) in [5.74, 6) is 1.79. The number of amides is 1. The van der Waals surface area contributed by atoms with Gasteiger partial charge in [-0.15, -0.1) is 21.5 Å². The summed E-state index contributed by atoms with van der Waals surface area (Å²) in [5, 5.41) is 13.3. The van der Waals surface area contributed by atoms with E-state index < -0.39 is 0 Å². The number of hydrogen-bond donors (Lipinski definition) is 0. The van der Waals surface area contributed by atoms with E-state index in [1.807, 2.05) is 45.2 Å². The minimum atomic E-state index is -0.0268. The minimum Gasteiger partial charge on any atom is -0.497 e. The summed E-state index contributed by atoms with van der Waals surface area (Å²) in [6.45, 7) is 3.94. The number of thioether (sulfide) groups is 1. The lowest BCUT2D eigenvalue weighted by molar-refractivity contribution is 0.0623. The molecule has 0 N–H and O–H groups in total. The number of piperazine rings is 1. The summed E-state index contributed by atoms with van der Waals surface area (Å²) in [4.78, 5) is 22.2. The Kier molecular flexibility index (Phi) is 9.30. The summed E-state index contributed by atoms with van der Waals surface area (Å²) < 4.78 is 7.31. The highest BCUT2D eigenvalue weighted by molar-refractivity contribution is 7.98. The molecule has 0 atom stereocenters. The predicted octanol–water partition coefficient (Wildman–Crippen LogP) is 6.96. The van der Waals surface area contributed by atoms with E-state index in [0.29, 0.717) is 57.0 Å². The van der Waals surface area contributed by atoms with Gasteiger partial charge in [0.1, 0.15) is 16.5 Å². The third kappa shape index (κ3) is 6.89. The van der Waals surface area contributed by atoms with Gasteiger partial charge >= 0.3 is 0 Å². The van der Waals surface area contributed by atoms with Gasteiger partial charge in [-0.3, -0.25) is 14.3 Å². The van der Waals surface area contributed by atoms with Crippen molar-refractivity contribution in [1.29, 1.82) is 0 Å². The van der Waals surface area contributed by atoms with Gasteiger partial charge < -0.3 is 9.64 Å². The maximum absolute atomic E-state index is 13.3. The van der Waals surface area contributed by atoms with Gasteiger partial charge in [-0.1, -0.05) is 77.4 Å². The van der Waals surface area contributed by atoms with Crippen LogP contribution in [-0.4, -0.2) is 68.7 Å². The third-order valence-electron chi connectivity index (χ3n) is 7.11. The second-order valence-corrected chi connectivity index (χ2v) is 12.7. The highest BCUT2D eigenvalue weighted by Gasteiger charge is 2.25. The van der Waals surface area contributed by atoms with Crippen LogP contribution in [0.5, 0.6) is 5.75 Å². The number of carbonyl (C=O) groups is 1. The quantitative estimate of drug-likeness (QED) is 0.160. The number of nitrogens with zero attached hydrogens (tertiary/aromatic N) is 6. The molecule has 12 heteroatoms. The Morgan fingerprint density at radius 2 is 1.79 bits per heavy atom. The standard InChI is InChI=1S/C31H28Cl2N6O2S2/c1-41-24-9-5-8-22(16-24)29-35-36-31(39(29)27-17-23(32)10-11-25(27)33)43-20-28-34-26(19-42-28)30(40)38-14-12-37(13-15-38)18-21-6-3-2-4-7-21/h2-11,16-17,19H,12-15,18,20H2,1H3. The van der Waals surface area contributed by atoms with Crippen molar-refractivity contribution in [3.63, 3.8) is 0 Å². The molecule has 2 aromatic heterocycles. The van der Waals surface area contributed by atoms with Crippen LogP contribution in [0.2, 0.25) is 10.0 Å². The van der Waals surface area contributed by atoms with Gasteiger partial charge in [-0.25, -0.2) is 4.98 Å². The van der Waals surface area contributed by atoms with Gasteiger partial charge in [0.2, 0.25) is 0 Å². The first-order chi connectivity index (χ1) is 21.0. The maximum atomic E-state index is 13.3. The Bertz CT molecular complexity index is 1720. The van der Waals surface area contributed by atoms with Crippen molar-refractivity contribution in [3.05, 3.63) is 104 Å². The van der Waals surface area contributed by atoms with Crippen molar-refractivity contribution in [2.75, 3.05) is 33.3 Å². The molecule has 1 saturated heterocycles. The second-order valence-electron chi connectivity index (χ2n) is 9.94. The van der Waals surface area contributed by atoms with Crippen molar-refractivity contribution in [1.82, 2.24) is 29.5 Å². The molecule has 0 aliphatic carbocycles. The SMILES string of the molecule is COc1cccc(-c2nnc(SCc3nc(C(=O)N4CCN(Cc5ccccc5)CC4)cs3)n2-c2cc(Cl)ccc2Cl)c1. The van der Waals surface area contributed by atoms with E-state index in [1.54, 1.807) is 25.3 Å². The van der Waals surface area contributed by atoms with Gasteiger partial charge in [0.15, 0.2) is 11.0 Å². The molecule has 0 bridgehead atoms. The predicted molar refractivity (Wildman–Crippen MR) is 173 cm³/mol. The topological polar surface area (TPSA) is 76.4 Å². The van der Waals surface area contributed by atoms with E-state index in [2.05, 4.69) is 44.3 Å². The Balaban J connectivity index is 1.16. The number of ether oxygens (including phenoxy) is 1. The summed E-state index contributed by atoms with van der Waals surface area (Å²) in [6, 6.07) is 23.3. The van der Waals surface area contributed by atoms with E-state index in [1.165, 1.54) is 28.7 Å². The first kappa shape index (κ1) is 29.7. The van der Waals surface area contributed by atoms with Crippen LogP contribution in [0.25, 0.3) is 17.1 Å². The molecule has 6 rings (SSSR count). The monoisotopic (exact) mass is 650 g/mol. The van der Waals surface area contributed by atoms with Gasteiger partial charge in [0.25, 0.3) is 5.91 Å². The van der Waals surface area contributed by atoms with Crippen LogP contribution in [0.15, 0.2) is 83.3 Å². The molecule has 0 radical (unpaired) electrons. The average molecular weight is 652 g/mol. The van der Waals surface area contributed by atoms with E-state index in [4.69, 9.17) is 27.9 Å². The Morgan fingerprint density at radius 3 is 2.58 bits per heavy atom. The lowest BCUT2D eigenvalue weighted by Gasteiger charge is -2.34. The fourth-order valence-corrected chi connectivity index (χ4v) is 7.00. The fourth-order valence-electron chi connectivity index (χ4n) is 4.90. The van der Waals surface area contributed by atoms with E-state index >= 15 is 0 Å². The van der Waals surface area contributed by atoms with Crippen LogP contribution in [0.3, 0.4) is 0 Å². The first-order valence-corrected chi connectivity index (χ1v) is 16.3. The summed E-state index contributed by atoms with van der Waals surface area (Å²) in [6.07, 6.45) is 0. The molecular formula is C31H28Cl2N6O2S2. The van der Waals surface area contributed by atoms with Gasteiger partial charge in [0.05, 0.1) is 23.6 Å². The number of carbonyl (C=O) groups excluding carboxylic acids is 1. The molecule has 8 nitrogen and oxygen atoms in total. The largest absolute Gasteiger partial charge is 0.497 e. The number of benzene rings is 3. The fraction of sp³-hybridized carbons (Fsp3) is 0.226. The summed E-state index contributed by atoms with van der Waals surface area (Å²) >= 11 is 15.9. The maximum Gasteiger partial charge on any atom is 0.273 e.